The van der Waals surface area contributed by atoms with Gasteiger partial charge in [-0.1, -0.05) is 6.92 Å². The highest BCUT2D eigenvalue weighted by Crippen LogP contribution is 2.59. The smallest absolute Gasteiger partial charge is 0.272 e. The van der Waals surface area contributed by atoms with Crippen LogP contribution in [0.4, 0.5) is 4.39 Å². The molecule has 10 heteroatoms. The number of thiazole rings is 1. The molecule has 3 atom stereocenters. The summed E-state index contributed by atoms with van der Waals surface area (Å²) in [5, 5.41) is 6.41. The Morgan fingerprint density at radius 1 is 1.15 bits per heavy atom. The van der Waals surface area contributed by atoms with Crippen molar-refractivity contribution in [3.05, 3.63) is 70.4 Å². The predicted octanol–water partition coefficient (Wildman–Crippen LogP) is 4.62. The molecule has 4 heterocycles. The highest BCUT2D eigenvalue weighted by atomic mass is 32.1. The van der Waals surface area contributed by atoms with Crippen LogP contribution in [-0.4, -0.2) is 49.7 Å². The van der Waals surface area contributed by atoms with E-state index in [2.05, 4.69) is 17.0 Å². The molecule has 200 valence electrons. The average molecular weight is 545 g/mol. The number of ether oxygens (including phenoxy) is 1. The molecule has 2 N–H and O–H groups in total. The van der Waals surface area contributed by atoms with E-state index in [1.165, 1.54) is 23.5 Å². The fourth-order valence-corrected chi connectivity index (χ4v) is 6.65. The second-order valence-corrected chi connectivity index (χ2v) is 12.1. The van der Waals surface area contributed by atoms with Crippen LogP contribution in [0.15, 0.2) is 53.4 Å². The zero-order valence-corrected chi connectivity index (χ0v) is 22.6. The zero-order valence-electron chi connectivity index (χ0n) is 21.8. The van der Waals surface area contributed by atoms with Crippen LogP contribution in [0.2, 0.25) is 0 Å². The van der Waals surface area contributed by atoms with Gasteiger partial charge in [0.1, 0.15) is 29.0 Å². The number of hydrogen-bond donors (Lipinski definition) is 1. The van der Waals surface area contributed by atoms with E-state index >= 15 is 0 Å². The largest absolute Gasteiger partial charge is 0.473 e. The number of pyridine rings is 1. The number of aromatic nitrogens is 4. The molecule has 0 spiro atoms. The van der Waals surface area contributed by atoms with Crippen molar-refractivity contribution < 1.29 is 13.9 Å². The number of carbonyl (C=O) groups excluding carboxylic acids is 1. The lowest BCUT2D eigenvalue weighted by Crippen LogP contribution is -2.43. The minimum absolute atomic E-state index is 0.0348. The average Bonchev–Trinajstić information content (AvgIpc) is 3.45. The third-order valence-corrected chi connectivity index (χ3v) is 9.38. The number of rotatable bonds is 6. The summed E-state index contributed by atoms with van der Waals surface area (Å²) in [7, 11) is 1.79. The lowest BCUT2D eigenvalue weighted by atomic mass is 9.73. The van der Waals surface area contributed by atoms with Crippen molar-refractivity contribution in [3.8, 4) is 28.5 Å². The minimum atomic E-state index is -0.386. The van der Waals surface area contributed by atoms with Gasteiger partial charge in [0.05, 0.1) is 11.2 Å². The molecular weight excluding hydrogens is 515 g/mol. The van der Waals surface area contributed by atoms with Gasteiger partial charge in [0.25, 0.3) is 5.91 Å². The number of halogens is 1. The second-order valence-electron chi connectivity index (χ2n) is 11.3. The Balaban J connectivity index is 1.09. The standard InChI is InChI=1S/C29H29FN6O2S/c1-28-15-36(27(37)24-12-22(34-35(24)2)23-14-39-16-32-23)13-20(28)26(28)38-25-11-18(29(31)8-3-9-29)10-21(33-25)17-4-6-19(30)7-5-17/h4-7,10-12,14,16,20,26H,3,8-9,13,15,31H2,1-2H3/t20-,26-,28-/m0/s1. The highest BCUT2D eigenvalue weighted by molar-refractivity contribution is 7.07. The summed E-state index contributed by atoms with van der Waals surface area (Å²) in [6, 6.07) is 12.1. The fraction of sp³-hybridized carbons (Fsp3) is 0.379. The predicted molar refractivity (Wildman–Crippen MR) is 146 cm³/mol. The number of fused-ring (bicyclic) bond motifs is 1. The van der Waals surface area contributed by atoms with Gasteiger partial charge in [-0.25, -0.2) is 14.4 Å². The number of likely N-dealkylation sites (tertiary alicyclic amines) is 1. The zero-order chi connectivity index (χ0) is 26.9. The molecule has 1 saturated heterocycles. The molecule has 1 amide bonds. The molecule has 3 fully saturated rings. The van der Waals surface area contributed by atoms with E-state index in [-0.39, 0.29) is 34.7 Å². The Bertz CT molecular complexity index is 1570. The summed E-state index contributed by atoms with van der Waals surface area (Å²) in [5.41, 5.74) is 12.5. The summed E-state index contributed by atoms with van der Waals surface area (Å²) in [4.78, 5) is 24.4. The molecule has 2 aliphatic carbocycles. The van der Waals surface area contributed by atoms with Crippen molar-refractivity contribution in [2.75, 3.05) is 13.1 Å². The Kier molecular flexibility index (Phi) is 5.44. The lowest BCUT2D eigenvalue weighted by molar-refractivity contribution is 0.0721. The number of amides is 1. The molecule has 39 heavy (non-hydrogen) atoms. The Morgan fingerprint density at radius 2 is 1.95 bits per heavy atom. The van der Waals surface area contributed by atoms with E-state index in [0.717, 1.165) is 41.8 Å². The van der Waals surface area contributed by atoms with Gasteiger partial charge in [-0.15, -0.1) is 11.3 Å². The van der Waals surface area contributed by atoms with Crippen LogP contribution >= 0.6 is 11.3 Å². The van der Waals surface area contributed by atoms with Gasteiger partial charge >= 0.3 is 0 Å². The molecule has 0 unspecified atom stereocenters. The summed E-state index contributed by atoms with van der Waals surface area (Å²) in [5.74, 6) is 0.418. The Labute approximate surface area is 229 Å². The highest BCUT2D eigenvalue weighted by Gasteiger charge is 2.69. The third-order valence-electron chi connectivity index (χ3n) is 8.79. The number of nitrogens with zero attached hydrogens (tertiary/aromatic N) is 5. The number of nitrogens with two attached hydrogens (primary N) is 1. The summed E-state index contributed by atoms with van der Waals surface area (Å²) in [6.07, 6.45) is 2.88. The fourth-order valence-electron chi connectivity index (χ4n) is 6.10. The van der Waals surface area contributed by atoms with E-state index in [9.17, 15) is 9.18 Å². The van der Waals surface area contributed by atoms with Crippen LogP contribution in [0, 0.1) is 17.2 Å². The summed E-state index contributed by atoms with van der Waals surface area (Å²) < 4.78 is 21.7. The van der Waals surface area contributed by atoms with Gasteiger partial charge in [-0.2, -0.15) is 5.10 Å². The molecule has 0 radical (unpaired) electrons. The SMILES string of the molecule is Cn1nc(-c2cscn2)cc1C(=O)N1C[C@H]2[C@H](Oc3cc(C4(N)CCC4)cc(-c4ccc(F)cc4)n3)[C@@]2(C)C1. The molecule has 3 aliphatic rings. The van der Waals surface area contributed by atoms with Crippen molar-refractivity contribution in [2.45, 2.75) is 37.8 Å². The molecule has 3 aromatic heterocycles. The molecule has 4 aromatic rings. The van der Waals surface area contributed by atoms with Gasteiger partial charge in [-0.3, -0.25) is 9.48 Å². The van der Waals surface area contributed by atoms with Crippen LogP contribution in [0.1, 0.15) is 42.2 Å². The van der Waals surface area contributed by atoms with Crippen LogP contribution < -0.4 is 10.5 Å². The van der Waals surface area contributed by atoms with Gasteiger partial charge in [0.2, 0.25) is 5.88 Å². The molecule has 0 bridgehead atoms. The van der Waals surface area contributed by atoms with Gasteiger partial charge < -0.3 is 15.4 Å². The summed E-state index contributed by atoms with van der Waals surface area (Å²) in [6.45, 7) is 3.38. The maximum Gasteiger partial charge on any atom is 0.272 e. The van der Waals surface area contributed by atoms with Crippen molar-refractivity contribution in [1.82, 2.24) is 24.6 Å². The first-order chi connectivity index (χ1) is 18.7. The maximum absolute atomic E-state index is 13.6. The number of carbonyl (C=O) groups is 1. The first kappa shape index (κ1) is 24.4. The number of piperidine rings is 1. The first-order valence-electron chi connectivity index (χ1n) is 13.2. The molecule has 2 saturated carbocycles. The van der Waals surface area contributed by atoms with Crippen LogP contribution in [0.3, 0.4) is 0 Å². The van der Waals surface area contributed by atoms with Crippen molar-refractivity contribution in [2.24, 2.45) is 24.1 Å². The van der Waals surface area contributed by atoms with Gasteiger partial charge in [-0.05, 0) is 61.2 Å². The maximum atomic E-state index is 13.6. The van der Waals surface area contributed by atoms with Crippen LogP contribution in [-0.2, 0) is 12.6 Å². The normalized spacial score (nSPS) is 24.8. The van der Waals surface area contributed by atoms with Gasteiger partial charge in [0.15, 0.2) is 0 Å². The van der Waals surface area contributed by atoms with E-state index < -0.39 is 0 Å². The van der Waals surface area contributed by atoms with E-state index in [0.29, 0.717) is 30.4 Å². The molecular formula is C29H29FN6O2S. The van der Waals surface area contributed by atoms with Crippen molar-refractivity contribution >= 4 is 17.2 Å². The molecule has 1 aromatic carbocycles. The lowest BCUT2D eigenvalue weighted by Gasteiger charge is -2.39. The molecule has 8 nitrogen and oxygen atoms in total. The molecule has 7 rings (SSSR count). The summed E-state index contributed by atoms with van der Waals surface area (Å²) >= 11 is 1.50. The first-order valence-corrected chi connectivity index (χ1v) is 14.1. The van der Waals surface area contributed by atoms with Crippen LogP contribution in [0.25, 0.3) is 22.6 Å². The second kappa shape index (κ2) is 8.69. The Morgan fingerprint density at radius 3 is 2.59 bits per heavy atom. The Hall–Kier alpha value is -3.63. The van der Waals surface area contributed by atoms with Crippen LogP contribution in [0.5, 0.6) is 5.88 Å². The van der Waals surface area contributed by atoms with Crippen molar-refractivity contribution in [3.63, 3.8) is 0 Å². The van der Waals surface area contributed by atoms with Crippen molar-refractivity contribution in [1.29, 1.82) is 0 Å². The minimum Gasteiger partial charge on any atom is -0.473 e. The third kappa shape index (κ3) is 4.04. The van der Waals surface area contributed by atoms with E-state index in [1.807, 2.05) is 28.5 Å². The number of benzene rings is 1. The quantitative estimate of drug-likeness (QED) is 0.380. The van der Waals surface area contributed by atoms with E-state index in [1.54, 1.807) is 29.4 Å². The van der Waals surface area contributed by atoms with Gasteiger partial charge in [0, 0.05) is 54.0 Å². The monoisotopic (exact) mass is 544 g/mol. The van der Waals surface area contributed by atoms with E-state index in [4.69, 9.17) is 15.5 Å². The number of aryl methyl sites for hydroxylation is 1. The molecule has 1 aliphatic heterocycles. The topological polar surface area (TPSA) is 99.2 Å². The number of hydrogen-bond acceptors (Lipinski definition) is 7.